The molecular formula is C64H103NO. The molecule has 12 aliphatic carbocycles. The second-order valence-corrected chi connectivity index (χ2v) is 28.8. The molecule has 0 aromatic carbocycles. The van der Waals surface area contributed by atoms with Crippen LogP contribution in [0.25, 0.3) is 0 Å². The van der Waals surface area contributed by atoms with Crippen molar-refractivity contribution in [3.8, 4) is 0 Å². The summed E-state index contributed by atoms with van der Waals surface area (Å²) in [4.78, 5) is 4.77. The Morgan fingerprint density at radius 3 is 1.76 bits per heavy atom. The van der Waals surface area contributed by atoms with E-state index in [9.17, 15) is 0 Å². The van der Waals surface area contributed by atoms with Crippen LogP contribution in [0.2, 0.25) is 0 Å². The first-order valence-electron chi connectivity index (χ1n) is 31.6. The summed E-state index contributed by atoms with van der Waals surface area (Å²) in [5, 5.41) is 0. The summed E-state index contributed by atoms with van der Waals surface area (Å²) in [6.45, 7) is 2.91. The van der Waals surface area contributed by atoms with Crippen LogP contribution < -0.4 is 0 Å². The Morgan fingerprint density at radius 2 is 0.955 bits per heavy atom. The van der Waals surface area contributed by atoms with Gasteiger partial charge in [0.15, 0.2) is 0 Å². The Hall–Kier alpha value is -0.370. The molecule has 13 aliphatic rings. The third-order valence-electron chi connectivity index (χ3n) is 27.1. The van der Waals surface area contributed by atoms with Crippen LogP contribution in [0.4, 0.5) is 0 Å². The fourth-order valence-electron chi connectivity index (χ4n) is 25.3. The van der Waals surface area contributed by atoms with Gasteiger partial charge in [-0.25, -0.2) is 0 Å². The van der Waals surface area contributed by atoms with E-state index in [4.69, 9.17) is 9.73 Å². The van der Waals surface area contributed by atoms with Crippen molar-refractivity contribution in [2.24, 2.45) is 134 Å². The highest BCUT2D eigenvalue weighted by Gasteiger charge is 2.74. The topological polar surface area (TPSA) is 21.6 Å². The van der Waals surface area contributed by atoms with Crippen LogP contribution in [0.15, 0.2) is 4.99 Å². The number of aliphatic imine (C=N–C) groups is 1. The van der Waals surface area contributed by atoms with Crippen molar-refractivity contribution in [2.45, 2.75) is 257 Å². The number of rotatable bonds is 5. The minimum atomic E-state index is 0.378. The molecule has 66 heavy (non-hydrogen) atoms. The molecule has 1 heterocycles. The lowest BCUT2D eigenvalue weighted by Gasteiger charge is -2.69. The summed E-state index contributed by atoms with van der Waals surface area (Å²) in [6, 6.07) is 0. The molecule has 12 saturated carbocycles. The van der Waals surface area contributed by atoms with Crippen LogP contribution in [0.5, 0.6) is 0 Å². The number of nitrogens with zero attached hydrogens (tertiary/aromatic N) is 1. The molecule has 2 heteroatoms. The lowest BCUT2D eigenvalue weighted by molar-refractivity contribution is -0.290. The summed E-state index contributed by atoms with van der Waals surface area (Å²) >= 11 is 0. The van der Waals surface area contributed by atoms with E-state index in [1.54, 1.807) is 154 Å². The lowest BCUT2D eigenvalue weighted by atomic mass is 9.39. The summed E-state index contributed by atoms with van der Waals surface area (Å²) in [6.07, 6.45) is 61.0. The van der Waals surface area contributed by atoms with Gasteiger partial charge in [0.2, 0.25) is 0 Å². The van der Waals surface area contributed by atoms with Crippen LogP contribution in [-0.2, 0) is 4.74 Å². The zero-order chi connectivity index (χ0) is 44.0. The molecule has 0 aromatic rings. The fourth-order valence-corrected chi connectivity index (χ4v) is 25.3. The number of fused-ring (bicyclic) bond motifs is 12. The maximum atomic E-state index is 7.73. The Labute approximate surface area is 407 Å². The Balaban J connectivity index is 0.822. The fraction of sp³-hybridized carbons (Fsp3) is 0.984. The molecule has 1 aliphatic heterocycles. The van der Waals surface area contributed by atoms with Gasteiger partial charge in [-0.05, 0) is 246 Å². The highest BCUT2D eigenvalue weighted by molar-refractivity contribution is 5.60. The van der Waals surface area contributed by atoms with Crippen LogP contribution in [-0.4, -0.2) is 25.5 Å². The van der Waals surface area contributed by atoms with Crippen LogP contribution >= 0.6 is 0 Å². The van der Waals surface area contributed by atoms with Crippen molar-refractivity contribution in [2.75, 3.05) is 7.05 Å². The van der Waals surface area contributed by atoms with E-state index in [0.717, 1.165) is 118 Å². The van der Waals surface area contributed by atoms with E-state index in [0.29, 0.717) is 23.0 Å². The zero-order valence-corrected chi connectivity index (χ0v) is 43.3. The second kappa shape index (κ2) is 18.9. The first kappa shape index (κ1) is 45.5. The van der Waals surface area contributed by atoms with Gasteiger partial charge in [-0.1, -0.05) is 122 Å². The van der Waals surface area contributed by atoms with E-state index in [1.165, 1.54) is 83.5 Å². The molecule has 0 amide bonds. The molecule has 22 unspecified atom stereocenters. The minimum Gasteiger partial charge on any atom is -0.374 e. The van der Waals surface area contributed by atoms with Crippen molar-refractivity contribution in [1.29, 1.82) is 0 Å². The predicted molar refractivity (Wildman–Crippen MR) is 274 cm³/mol. The average molecular weight is 903 g/mol. The summed E-state index contributed by atoms with van der Waals surface area (Å²) in [7, 11) is 2.08. The smallest absolute Gasteiger partial charge is 0.0638 e. The first-order chi connectivity index (χ1) is 32.5. The molecular weight excluding hydrogens is 799 g/mol. The van der Waals surface area contributed by atoms with Gasteiger partial charge in [0.25, 0.3) is 0 Å². The molecule has 13 rings (SSSR count). The third-order valence-corrected chi connectivity index (χ3v) is 27.1. The maximum Gasteiger partial charge on any atom is 0.0638 e. The monoisotopic (exact) mass is 902 g/mol. The van der Waals surface area contributed by atoms with Crippen molar-refractivity contribution in [3.05, 3.63) is 0 Å². The molecule has 13 fully saturated rings. The first-order valence-corrected chi connectivity index (χ1v) is 31.6. The van der Waals surface area contributed by atoms with Gasteiger partial charge in [-0.3, -0.25) is 0 Å². The van der Waals surface area contributed by atoms with Crippen LogP contribution in [0.3, 0.4) is 0 Å². The molecule has 22 atom stereocenters. The van der Waals surface area contributed by atoms with E-state index < -0.39 is 0 Å². The highest BCUT2D eigenvalue weighted by Crippen LogP contribution is 2.78. The summed E-state index contributed by atoms with van der Waals surface area (Å²) in [5.41, 5.74) is 0.888. The molecule has 0 aromatic heterocycles. The largest absolute Gasteiger partial charge is 0.374 e. The van der Waals surface area contributed by atoms with Gasteiger partial charge in [0.05, 0.1) is 12.2 Å². The highest BCUT2D eigenvalue weighted by atomic mass is 16.5. The van der Waals surface area contributed by atoms with Crippen molar-refractivity contribution in [3.63, 3.8) is 0 Å². The quantitative estimate of drug-likeness (QED) is 0.252. The van der Waals surface area contributed by atoms with Gasteiger partial charge in [-0.2, -0.15) is 0 Å². The number of ether oxygens (including phenoxy) is 1. The standard InChI is InChI=1S/C64H103NO/c1-63-35-14-13-26-60(63)66-59-34-30-46(39-58(59)64(63)56-25-12-11-21-49(56)50-31-27-41(40-65-2)36-57(50)64)45-29-33-54-55(38-45)61(43-18-7-4-8-19-43)52-22-9-10-23-53(52)62(54)51-24-15-20-47-37-44(28-32-48(47)51)42-16-5-3-6-17-42/h40-62H,3-39H2,1-2H3. The molecule has 0 bridgehead atoms. The van der Waals surface area contributed by atoms with E-state index >= 15 is 0 Å². The lowest BCUT2D eigenvalue weighted by Crippen LogP contribution is -2.67. The molecule has 2 nitrogen and oxygen atoms in total. The van der Waals surface area contributed by atoms with Crippen molar-refractivity contribution >= 4 is 6.21 Å². The number of hydrogen-bond donors (Lipinski definition) is 0. The average Bonchev–Trinajstić information content (AvgIpc) is 3.66. The molecule has 1 saturated heterocycles. The molecule has 0 radical (unpaired) electrons. The van der Waals surface area contributed by atoms with Crippen LogP contribution in [0.1, 0.15) is 244 Å². The van der Waals surface area contributed by atoms with Gasteiger partial charge in [0.1, 0.15) is 0 Å². The van der Waals surface area contributed by atoms with Crippen molar-refractivity contribution in [1.82, 2.24) is 0 Å². The van der Waals surface area contributed by atoms with Gasteiger partial charge < -0.3 is 9.73 Å². The Bertz CT molecular complexity index is 1670. The SMILES string of the molecule is CN=CC1CCC2C3CCCCC3C3(C4CC(C5CCC6C(C5)C(C5CCCCC5)C5CCCCC5C6C5CCCC6CC(C7CCCCC7)CCC65)CCC4OC4CCCCC43C)C2C1. The third kappa shape index (κ3) is 7.40. The molecule has 370 valence electrons. The van der Waals surface area contributed by atoms with Crippen LogP contribution in [0, 0.1) is 129 Å². The Morgan fingerprint density at radius 1 is 0.379 bits per heavy atom. The predicted octanol–water partition coefficient (Wildman–Crippen LogP) is 17.4. The summed E-state index contributed by atoms with van der Waals surface area (Å²) < 4.78 is 7.73. The van der Waals surface area contributed by atoms with E-state index in [2.05, 4.69) is 20.2 Å². The minimum absolute atomic E-state index is 0.378. The van der Waals surface area contributed by atoms with Gasteiger partial charge in [-0.15, -0.1) is 0 Å². The van der Waals surface area contributed by atoms with Gasteiger partial charge >= 0.3 is 0 Å². The Kier molecular flexibility index (Phi) is 13.0. The van der Waals surface area contributed by atoms with Crippen molar-refractivity contribution < 1.29 is 4.74 Å². The normalized spacial score (nSPS) is 54.6. The van der Waals surface area contributed by atoms with Gasteiger partial charge in [0, 0.05) is 18.7 Å². The molecule has 0 N–H and O–H groups in total. The second-order valence-electron chi connectivity index (χ2n) is 28.8. The van der Waals surface area contributed by atoms with E-state index in [-0.39, 0.29) is 0 Å². The summed E-state index contributed by atoms with van der Waals surface area (Å²) in [5.74, 6) is 20.5. The maximum absolute atomic E-state index is 7.73. The zero-order valence-electron chi connectivity index (χ0n) is 43.3. The number of hydrogen-bond acceptors (Lipinski definition) is 2. The van der Waals surface area contributed by atoms with E-state index in [1.807, 2.05) is 0 Å². The molecule has 1 spiro atoms.